The Bertz CT molecular complexity index is 1430. The highest BCUT2D eigenvalue weighted by Crippen LogP contribution is 2.32. The van der Waals surface area contributed by atoms with Gasteiger partial charge in [-0.3, -0.25) is 4.79 Å². The second kappa shape index (κ2) is 8.96. The lowest BCUT2D eigenvalue weighted by Crippen LogP contribution is -2.05. The Morgan fingerprint density at radius 1 is 0.909 bits per heavy atom. The molecule has 0 radical (unpaired) electrons. The molecule has 5 rings (SSSR count). The Balaban J connectivity index is 1.45. The van der Waals surface area contributed by atoms with E-state index in [-0.39, 0.29) is 5.91 Å². The highest BCUT2D eigenvalue weighted by Gasteiger charge is 2.11. The minimum atomic E-state index is -0.0944. The molecule has 5 aromatic rings. The zero-order chi connectivity index (χ0) is 22.6. The number of anilines is 2. The van der Waals surface area contributed by atoms with E-state index in [9.17, 15) is 4.79 Å². The van der Waals surface area contributed by atoms with E-state index in [0.717, 1.165) is 44.8 Å². The minimum Gasteiger partial charge on any atom is -0.366 e. The van der Waals surface area contributed by atoms with Crippen LogP contribution in [0.3, 0.4) is 0 Å². The summed E-state index contributed by atoms with van der Waals surface area (Å²) in [4.78, 5) is 23.8. The van der Waals surface area contributed by atoms with Crippen molar-refractivity contribution in [1.82, 2.24) is 15.0 Å². The third-order valence-electron chi connectivity index (χ3n) is 5.43. The lowest BCUT2D eigenvalue weighted by atomic mass is 10.0. The van der Waals surface area contributed by atoms with E-state index in [4.69, 9.17) is 0 Å². The highest BCUT2D eigenvalue weighted by atomic mass is 16.1. The van der Waals surface area contributed by atoms with Crippen molar-refractivity contribution in [3.63, 3.8) is 0 Å². The first kappa shape index (κ1) is 20.5. The molecule has 0 bridgehead atoms. The summed E-state index contributed by atoms with van der Waals surface area (Å²) in [6.07, 6.45) is 5.63. The van der Waals surface area contributed by atoms with Crippen molar-refractivity contribution in [3.05, 3.63) is 97.0 Å². The van der Waals surface area contributed by atoms with Gasteiger partial charge in [0.15, 0.2) is 0 Å². The molecule has 0 aliphatic heterocycles. The van der Waals surface area contributed by atoms with Crippen molar-refractivity contribution in [2.45, 2.75) is 13.5 Å². The second-order valence-corrected chi connectivity index (χ2v) is 7.85. The zero-order valence-electron chi connectivity index (χ0n) is 18.2. The first-order chi connectivity index (χ1) is 16.2. The molecule has 6 nitrogen and oxygen atoms in total. The summed E-state index contributed by atoms with van der Waals surface area (Å²) in [7, 11) is 0. The number of nitrogens with zero attached hydrogens (tertiary/aromatic N) is 2. The number of H-pyrrole nitrogens is 1. The SMILES string of the molecule is CC(=O)Nc1cccc(-c2cnc3[nH]cc(-c4ccnc(NCc5ccccc5)c4)c3c2)c1. The fourth-order valence-electron chi connectivity index (χ4n) is 3.86. The van der Waals surface area contributed by atoms with Crippen molar-refractivity contribution in [3.8, 4) is 22.3 Å². The van der Waals surface area contributed by atoms with Crippen LogP contribution in [0.15, 0.2) is 91.4 Å². The van der Waals surface area contributed by atoms with Crippen molar-refractivity contribution in [2.24, 2.45) is 0 Å². The van der Waals surface area contributed by atoms with Gasteiger partial charge in [-0.05, 0) is 47.0 Å². The van der Waals surface area contributed by atoms with Gasteiger partial charge in [-0.2, -0.15) is 0 Å². The number of hydrogen-bond donors (Lipinski definition) is 3. The standard InChI is InChI=1S/C27H23N5O/c1-18(33)32-23-9-5-8-20(12-23)22-13-24-25(17-31-27(24)30-16-22)21-10-11-28-26(14-21)29-15-19-6-3-2-4-7-19/h2-14,16-17H,15H2,1H3,(H,28,29)(H,30,31)(H,32,33). The van der Waals surface area contributed by atoms with Gasteiger partial charge in [0.2, 0.25) is 5.91 Å². The molecule has 3 N–H and O–H groups in total. The predicted molar refractivity (Wildman–Crippen MR) is 133 cm³/mol. The van der Waals surface area contributed by atoms with E-state index in [1.165, 1.54) is 12.5 Å². The summed E-state index contributed by atoms with van der Waals surface area (Å²) < 4.78 is 0. The predicted octanol–water partition coefficient (Wildman–Crippen LogP) is 5.86. The number of aromatic nitrogens is 3. The van der Waals surface area contributed by atoms with Crippen LogP contribution < -0.4 is 10.6 Å². The van der Waals surface area contributed by atoms with Gasteiger partial charge in [-0.15, -0.1) is 0 Å². The van der Waals surface area contributed by atoms with E-state index in [0.29, 0.717) is 6.54 Å². The first-order valence-electron chi connectivity index (χ1n) is 10.7. The summed E-state index contributed by atoms with van der Waals surface area (Å²) in [5.41, 5.74) is 6.86. The molecule has 0 spiro atoms. The second-order valence-electron chi connectivity index (χ2n) is 7.85. The Morgan fingerprint density at radius 2 is 1.79 bits per heavy atom. The van der Waals surface area contributed by atoms with Gasteiger partial charge < -0.3 is 15.6 Å². The minimum absolute atomic E-state index is 0.0944. The largest absolute Gasteiger partial charge is 0.366 e. The fourth-order valence-corrected chi connectivity index (χ4v) is 3.86. The topological polar surface area (TPSA) is 82.7 Å². The Morgan fingerprint density at radius 3 is 2.64 bits per heavy atom. The number of carbonyl (C=O) groups is 1. The van der Waals surface area contributed by atoms with Crippen molar-refractivity contribution in [1.29, 1.82) is 0 Å². The normalized spacial score (nSPS) is 10.8. The van der Waals surface area contributed by atoms with E-state index in [1.807, 2.05) is 67.1 Å². The van der Waals surface area contributed by atoms with Crippen LogP contribution in [-0.4, -0.2) is 20.9 Å². The van der Waals surface area contributed by atoms with E-state index in [2.05, 4.69) is 49.9 Å². The average molecular weight is 434 g/mol. The molecule has 6 heteroatoms. The molecule has 0 fully saturated rings. The Labute approximate surface area is 191 Å². The van der Waals surface area contributed by atoms with Crippen molar-refractivity contribution in [2.75, 3.05) is 10.6 Å². The third-order valence-corrected chi connectivity index (χ3v) is 5.43. The number of nitrogens with one attached hydrogen (secondary N) is 3. The number of pyridine rings is 2. The average Bonchev–Trinajstić information content (AvgIpc) is 3.27. The van der Waals surface area contributed by atoms with Crippen LogP contribution >= 0.6 is 0 Å². The van der Waals surface area contributed by atoms with Crippen LogP contribution in [0.4, 0.5) is 11.5 Å². The number of carbonyl (C=O) groups excluding carboxylic acids is 1. The maximum absolute atomic E-state index is 11.4. The molecule has 0 unspecified atom stereocenters. The molecule has 0 saturated carbocycles. The van der Waals surface area contributed by atoms with Gasteiger partial charge in [-0.1, -0.05) is 42.5 Å². The van der Waals surface area contributed by atoms with Gasteiger partial charge in [-0.25, -0.2) is 9.97 Å². The highest BCUT2D eigenvalue weighted by molar-refractivity contribution is 5.96. The monoisotopic (exact) mass is 433 g/mol. The summed E-state index contributed by atoms with van der Waals surface area (Å²) >= 11 is 0. The number of rotatable bonds is 6. The van der Waals surface area contributed by atoms with Crippen molar-refractivity contribution >= 4 is 28.4 Å². The quantitative estimate of drug-likeness (QED) is 0.313. The van der Waals surface area contributed by atoms with Gasteiger partial charge in [0.1, 0.15) is 11.5 Å². The van der Waals surface area contributed by atoms with E-state index >= 15 is 0 Å². The van der Waals surface area contributed by atoms with Crippen LogP contribution in [0.2, 0.25) is 0 Å². The van der Waals surface area contributed by atoms with Crippen LogP contribution in [-0.2, 0) is 11.3 Å². The molecule has 3 heterocycles. The molecule has 0 atom stereocenters. The smallest absolute Gasteiger partial charge is 0.221 e. The fraction of sp³-hybridized carbons (Fsp3) is 0.0741. The molecular weight excluding hydrogens is 410 g/mol. The number of amides is 1. The Kier molecular flexibility index (Phi) is 5.55. The summed E-state index contributed by atoms with van der Waals surface area (Å²) in [6, 6.07) is 24.2. The zero-order valence-corrected chi connectivity index (χ0v) is 18.2. The van der Waals surface area contributed by atoms with Gasteiger partial charge in [0.25, 0.3) is 0 Å². The molecule has 1 amide bonds. The maximum atomic E-state index is 11.4. The van der Waals surface area contributed by atoms with E-state index in [1.54, 1.807) is 0 Å². The maximum Gasteiger partial charge on any atom is 0.221 e. The summed E-state index contributed by atoms with van der Waals surface area (Å²) in [6.45, 7) is 2.21. The molecule has 33 heavy (non-hydrogen) atoms. The Hall–Kier alpha value is -4.45. The third kappa shape index (κ3) is 4.60. The number of benzene rings is 2. The molecule has 0 aliphatic carbocycles. The van der Waals surface area contributed by atoms with Gasteiger partial charge >= 0.3 is 0 Å². The molecule has 3 aromatic heterocycles. The van der Waals surface area contributed by atoms with Gasteiger partial charge in [0, 0.05) is 54.3 Å². The molecule has 0 aliphatic rings. The molecule has 0 saturated heterocycles. The molecular formula is C27H23N5O. The first-order valence-corrected chi connectivity index (χ1v) is 10.7. The van der Waals surface area contributed by atoms with Crippen LogP contribution in [0.25, 0.3) is 33.3 Å². The van der Waals surface area contributed by atoms with Gasteiger partial charge in [0.05, 0.1) is 0 Å². The molecule has 2 aromatic carbocycles. The van der Waals surface area contributed by atoms with Crippen LogP contribution in [0.5, 0.6) is 0 Å². The lowest BCUT2D eigenvalue weighted by Gasteiger charge is -2.08. The van der Waals surface area contributed by atoms with E-state index < -0.39 is 0 Å². The molecule has 162 valence electrons. The van der Waals surface area contributed by atoms with Crippen LogP contribution in [0.1, 0.15) is 12.5 Å². The number of fused-ring (bicyclic) bond motifs is 1. The summed E-state index contributed by atoms with van der Waals surface area (Å²) in [5, 5.41) is 7.26. The lowest BCUT2D eigenvalue weighted by molar-refractivity contribution is -0.114. The van der Waals surface area contributed by atoms with Crippen molar-refractivity contribution < 1.29 is 4.79 Å². The summed E-state index contributed by atoms with van der Waals surface area (Å²) in [5.74, 6) is 0.723. The number of aromatic amines is 1. The van der Waals surface area contributed by atoms with Crippen LogP contribution in [0, 0.1) is 0 Å². The number of hydrogen-bond acceptors (Lipinski definition) is 4.